The quantitative estimate of drug-likeness (QED) is 0.547. The number of rotatable bonds is 5. The molecule has 1 heterocycles. The predicted molar refractivity (Wildman–Crippen MR) is 125 cm³/mol. The third-order valence-corrected chi connectivity index (χ3v) is 5.33. The van der Waals surface area contributed by atoms with E-state index in [2.05, 4.69) is 5.32 Å². The molecule has 0 spiro atoms. The van der Waals surface area contributed by atoms with E-state index >= 15 is 0 Å². The Morgan fingerprint density at radius 3 is 1.81 bits per heavy atom. The van der Waals surface area contributed by atoms with Crippen molar-refractivity contribution in [1.82, 2.24) is 5.32 Å². The standard InChI is InChI=1S/C24H38BNO6/c1-21(2,3)29-19(27)18(26-20(28)30-22(4,5)6)15-16-11-13-17(14-12-16)25-31-23(7,8)24(9,10)32-25/h11-14,18H,15H2,1-10H3,(H,26,28)/t18-/m0/s1. The van der Waals surface area contributed by atoms with E-state index in [9.17, 15) is 9.59 Å². The van der Waals surface area contributed by atoms with E-state index in [-0.39, 0.29) is 6.42 Å². The number of esters is 1. The Morgan fingerprint density at radius 1 is 0.906 bits per heavy atom. The van der Waals surface area contributed by atoms with Crippen molar-refractivity contribution in [3.63, 3.8) is 0 Å². The fourth-order valence-electron chi connectivity index (χ4n) is 3.04. The minimum absolute atomic E-state index is 0.262. The molecular weight excluding hydrogens is 409 g/mol. The van der Waals surface area contributed by atoms with Crippen LogP contribution in [0.15, 0.2) is 24.3 Å². The second kappa shape index (κ2) is 9.06. The number of hydrogen-bond acceptors (Lipinski definition) is 6. The van der Waals surface area contributed by atoms with E-state index in [4.69, 9.17) is 18.8 Å². The highest BCUT2D eigenvalue weighted by Crippen LogP contribution is 2.36. The Labute approximate surface area is 192 Å². The van der Waals surface area contributed by atoms with Crippen molar-refractivity contribution in [2.45, 2.75) is 104 Å². The van der Waals surface area contributed by atoms with Crippen LogP contribution >= 0.6 is 0 Å². The molecule has 7 nitrogen and oxygen atoms in total. The minimum Gasteiger partial charge on any atom is -0.458 e. The largest absolute Gasteiger partial charge is 0.494 e. The van der Waals surface area contributed by atoms with Gasteiger partial charge in [0.1, 0.15) is 17.2 Å². The van der Waals surface area contributed by atoms with Gasteiger partial charge in [-0.05, 0) is 80.3 Å². The molecule has 1 aliphatic heterocycles. The van der Waals surface area contributed by atoms with Crippen molar-refractivity contribution in [3.05, 3.63) is 29.8 Å². The average Bonchev–Trinajstić information content (AvgIpc) is 2.79. The predicted octanol–water partition coefficient (Wildman–Crippen LogP) is 3.76. The molecule has 32 heavy (non-hydrogen) atoms. The Kier molecular flexibility index (Phi) is 7.42. The molecule has 0 saturated carbocycles. The Bertz CT molecular complexity index is 804. The zero-order valence-electron chi connectivity index (χ0n) is 21.1. The van der Waals surface area contributed by atoms with Gasteiger partial charge in [-0.1, -0.05) is 24.3 Å². The summed E-state index contributed by atoms with van der Waals surface area (Å²) in [4.78, 5) is 25.1. The van der Waals surface area contributed by atoms with E-state index in [0.29, 0.717) is 0 Å². The van der Waals surface area contributed by atoms with Gasteiger partial charge < -0.3 is 24.1 Å². The van der Waals surface area contributed by atoms with E-state index in [1.165, 1.54) is 0 Å². The number of amides is 1. The van der Waals surface area contributed by atoms with Crippen molar-refractivity contribution >= 4 is 24.6 Å². The van der Waals surface area contributed by atoms with Gasteiger partial charge in [-0.15, -0.1) is 0 Å². The lowest BCUT2D eigenvalue weighted by atomic mass is 9.78. The van der Waals surface area contributed by atoms with Crippen LogP contribution in [0.25, 0.3) is 0 Å². The van der Waals surface area contributed by atoms with E-state index in [1.807, 2.05) is 52.0 Å². The molecule has 1 aromatic carbocycles. The van der Waals surface area contributed by atoms with Crippen LogP contribution < -0.4 is 10.8 Å². The lowest BCUT2D eigenvalue weighted by molar-refractivity contribution is -0.157. The molecule has 1 fully saturated rings. The summed E-state index contributed by atoms with van der Waals surface area (Å²) in [6, 6.07) is 6.74. The number of alkyl carbamates (subject to hydrolysis) is 1. The topological polar surface area (TPSA) is 83.1 Å². The molecule has 178 valence electrons. The van der Waals surface area contributed by atoms with Crippen molar-refractivity contribution in [3.8, 4) is 0 Å². The van der Waals surface area contributed by atoms with Crippen LogP contribution in [0, 0.1) is 0 Å². The van der Waals surface area contributed by atoms with Crippen molar-refractivity contribution in [2.75, 3.05) is 0 Å². The Balaban J connectivity index is 2.14. The van der Waals surface area contributed by atoms with Gasteiger partial charge in [-0.25, -0.2) is 9.59 Å². The highest BCUT2D eigenvalue weighted by molar-refractivity contribution is 6.62. The van der Waals surface area contributed by atoms with Crippen molar-refractivity contribution in [2.24, 2.45) is 0 Å². The van der Waals surface area contributed by atoms with Gasteiger partial charge >= 0.3 is 19.2 Å². The number of hydrogen-bond donors (Lipinski definition) is 1. The van der Waals surface area contributed by atoms with E-state index < -0.39 is 47.6 Å². The molecule has 0 aliphatic carbocycles. The summed E-state index contributed by atoms with van der Waals surface area (Å²) in [6.07, 6.45) is -0.403. The smallest absolute Gasteiger partial charge is 0.458 e. The van der Waals surface area contributed by atoms with E-state index in [1.54, 1.807) is 41.5 Å². The third kappa shape index (κ3) is 7.24. The minimum atomic E-state index is -0.883. The van der Waals surface area contributed by atoms with Crippen LogP contribution in [0.1, 0.15) is 74.8 Å². The maximum Gasteiger partial charge on any atom is 0.494 e. The van der Waals surface area contributed by atoms with Gasteiger partial charge in [0.2, 0.25) is 0 Å². The molecule has 1 N–H and O–H groups in total. The summed E-state index contributed by atoms with van der Waals surface area (Å²) in [5.41, 5.74) is -0.442. The Hall–Kier alpha value is -2.06. The third-order valence-electron chi connectivity index (χ3n) is 5.33. The van der Waals surface area contributed by atoms with Gasteiger partial charge in [-0.2, -0.15) is 0 Å². The highest BCUT2D eigenvalue weighted by atomic mass is 16.7. The number of benzene rings is 1. The zero-order valence-corrected chi connectivity index (χ0v) is 21.1. The first-order valence-electron chi connectivity index (χ1n) is 11.1. The summed E-state index contributed by atoms with van der Waals surface area (Å²) in [5, 5.41) is 2.65. The molecule has 0 radical (unpaired) electrons. The molecule has 0 unspecified atom stereocenters. The highest BCUT2D eigenvalue weighted by Gasteiger charge is 2.51. The van der Waals surface area contributed by atoms with Gasteiger partial charge in [0.15, 0.2) is 0 Å². The average molecular weight is 447 g/mol. The lowest BCUT2D eigenvalue weighted by Gasteiger charge is -2.32. The summed E-state index contributed by atoms with van der Waals surface area (Å²) < 4.78 is 23.0. The molecule has 1 amide bonds. The SMILES string of the molecule is CC(C)(C)OC(=O)N[C@@H](Cc1ccc(B2OC(C)(C)C(C)(C)O2)cc1)C(=O)OC(C)(C)C. The van der Waals surface area contributed by atoms with Crippen LogP contribution in [0.3, 0.4) is 0 Å². The monoisotopic (exact) mass is 447 g/mol. The fraction of sp³-hybridized carbons (Fsp3) is 0.667. The number of carbonyl (C=O) groups excluding carboxylic acids is 2. The van der Waals surface area contributed by atoms with Gasteiger partial charge in [-0.3, -0.25) is 0 Å². The van der Waals surface area contributed by atoms with Crippen molar-refractivity contribution in [1.29, 1.82) is 0 Å². The molecule has 1 atom stereocenters. The first-order chi connectivity index (χ1) is 14.4. The number of nitrogens with one attached hydrogen (secondary N) is 1. The molecule has 1 saturated heterocycles. The van der Waals surface area contributed by atoms with Gasteiger partial charge in [0.05, 0.1) is 11.2 Å². The van der Waals surface area contributed by atoms with Gasteiger partial charge in [0.25, 0.3) is 0 Å². The van der Waals surface area contributed by atoms with Crippen LogP contribution in [-0.4, -0.2) is 47.6 Å². The second-order valence-electron chi connectivity index (χ2n) is 11.3. The van der Waals surface area contributed by atoms with Gasteiger partial charge in [0, 0.05) is 6.42 Å². The maximum atomic E-state index is 12.8. The molecule has 2 rings (SSSR count). The molecule has 1 aromatic rings. The van der Waals surface area contributed by atoms with Crippen LogP contribution in [-0.2, 0) is 30.0 Å². The molecule has 8 heteroatoms. The summed E-state index contributed by atoms with van der Waals surface area (Å²) >= 11 is 0. The first kappa shape index (κ1) is 26.2. The van der Waals surface area contributed by atoms with Crippen LogP contribution in [0.2, 0.25) is 0 Å². The maximum absolute atomic E-state index is 12.8. The fourth-order valence-corrected chi connectivity index (χ4v) is 3.04. The molecular formula is C24H38BNO6. The van der Waals surface area contributed by atoms with Crippen LogP contribution in [0.5, 0.6) is 0 Å². The summed E-state index contributed by atoms with van der Waals surface area (Å²) in [5.74, 6) is -0.515. The number of ether oxygens (including phenoxy) is 2. The summed E-state index contributed by atoms with van der Waals surface area (Å²) in [6.45, 7) is 18.7. The van der Waals surface area contributed by atoms with Crippen LogP contribution in [0.4, 0.5) is 4.79 Å². The molecule has 0 aromatic heterocycles. The van der Waals surface area contributed by atoms with E-state index in [0.717, 1.165) is 11.0 Å². The first-order valence-corrected chi connectivity index (χ1v) is 11.1. The normalized spacial score (nSPS) is 18.8. The lowest BCUT2D eigenvalue weighted by Crippen LogP contribution is -2.47. The Morgan fingerprint density at radius 2 is 1.38 bits per heavy atom. The zero-order chi connectivity index (χ0) is 24.5. The molecule has 0 bridgehead atoms. The number of carbonyl (C=O) groups is 2. The summed E-state index contributed by atoms with van der Waals surface area (Å²) in [7, 11) is -0.462. The second-order valence-corrected chi connectivity index (χ2v) is 11.3. The van der Waals surface area contributed by atoms with Crippen molar-refractivity contribution < 1.29 is 28.4 Å². The molecule has 1 aliphatic rings.